The monoisotopic (exact) mass is 392 g/mol. The molecule has 0 radical (unpaired) electrons. The molecule has 0 aliphatic carbocycles. The van der Waals surface area contributed by atoms with Gasteiger partial charge in [0.2, 0.25) is 0 Å². The summed E-state index contributed by atoms with van der Waals surface area (Å²) < 4.78 is 0. The Morgan fingerprint density at radius 3 is 2.21 bits per heavy atom. The van der Waals surface area contributed by atoms with E-state index in [1.807, 2.05) is 12.1 Å². The molecule has 28 heavy (non-hydrogen) atoms. The third kappa shape index (κ3) is 5.02. The van der Waals surface area contributed by atoms with Gasteiger partial charge in [-0.15, -0.1) is 0 Å². The third-order valence-electron chi connectivity index (χ3n) is 3.92. The molecule has 1 heterocycles. The van der Waals surface area contributed by atoms with Crippen LogP contribution in [0.15, 0.2) is 78.2 Å². The highest BCUT2D eigenvalue weighted by Gasteiger charge is 2.07. The molecule has 1 aromatic heterocycles. The number of carbonyl (C=O) groups excluding carboxylic acids is 2. The van der Waals surface area contributed by atoms with Gasteiger partial charge in [-0.1, -0.05) is 23.7 Å². The van der Waals surface area contributed by atoms with Crippen molar-refractivity contribution in [1.29, 1.82) is 0 Å². The molecule has 2 N–H and O–H groups in total. The quantitative estimate of drug-likeness (QED) is 0.505. The summed E-state index contributed by atoms with van der Waals surface area (Å²) in [7, 11) is 0. The molecule has 0 aliphatic rings. The summed E-state index contributed by atoms with van der Waals surface area (Å²) in [6.45, 7) is 1.78. The van der Waals surface area contributed by atoms with E-state index in [2.05, 4.69) is 20.8 Å². The van der Waals surface area contributed by atoms with E-state index in [9.17, 15) is 9.59 Å². The Balaban J connectivity index is 1.62. The lowest BCUT2D eigenvalue weighted by Gasteiger charge is -2.07. The number of aromatic nitrogens is 1. The van der Waals surface area contributed by atoms with Crippen LogP contribution in [0.5, 0.6) is 0 Å². The summed E-state index contributed by atoms with van der Waals surface area (Å²) >= 11 is 5.83. The molecule has 0 aliphatic heterocycles. The van der Waals surface area contributed by atoms with E-state index in [-0.39, 0.29) is 11.8 Å². The van der Waals surface area contributed by atoms with Crippen molar-refractivity contribution in [2.75, 3.05) is 5.32 Å². The van der Waals surface area contributed by atoms with Crippen LogP contribution < -0.4 is 10.7 Å². The first-order valence-corrected chi connectivity index (χ1v) is 8.83. The number of nitrogens with zero attached hydrogens (tertiary/aromatic N) is 2. The maximum Gasteiger partial charge on any atom is 0.272 e. The number of hydrogen-bond donors (Lipinski definition) is 2. The number of pyridine rings is 1. The Hall–Kier alpha value is -3.51. The first-order chi connectivity index (χ1) is 13.5. The van der Waals surface area contributed by atoms with Gasteiger partial charge in [-0.2, -0.15) is 5.10 Å². The van der Waals surface area contributed by atoms with Crippen molar-refractivity contribution in [2.45, 2.75) is 6.92 Å². The SMILES string of the molecule is C/C(=N/NC(=O)c1cccnc1)c1ccc(NC(=O)c2ccc(Cl)cc2)cc1. The van der Waals surface area contributed by atoms with Crippen LogP contribution in [-0.4, -0.2) is 22.5 Å². The van der Waals surface area contributed by atoms with E-state index >= 15 is 0 Å². The summed E-state index contributed by atoms with van der Waals surface area (Å²) in [5.74, 6) is -0.558. The number of hydrogen-bond acceptors (Lipinski definition) is 4. The summed E-state index contributed by atoms with van der Waals surface area (Å²) in [5, 5.41) is 7.50. The van der Waals surface area contributed by atoms with Gasteiger partial charge in [0.1, 0.15) is 0 Å². The van der Waals surface area contributed by atoms with Gasteiger partial charge in [-0.05, 0) is 61.0 Å². The average molecular weight is 393 g/mol. The van der Waals surface area contributed by atoms with Crippen LogP contribution in [0.3, 0.4) is 0 Å². The van der Waals surface area contributed by atoms with E-state index in [0.717, 1.165) is 5.56 Å². The molecule has 2 aromatic carbocycles. The van der Waals surface area contributed by atoms with Crippen molar-refractivity contribution >= 4 is 34.8 Å². The number of carbonyl (C=O) groups is 2. The highest BCUT2D eigenvalue weighted by Crippen LogP contribution is 2.14. The molecule has 140 valence electrons. The molecular weight excluding hydrogens is 376 g/mol. The van der Waals surface area contributed by atoms with E-state index < -0.39 is 0 Å². The molecule has 0 spiro atoms. The highest BCUT2D eigenvalue weighted by atomic mass is 35.5. The summed E-state index contributed by atoms with van der Waals surface area (Å²) in [5.41, 5.74) is 5.54. The Kier molecular flexibility index (Phi) is 6.14. The second-order valence-corrected chi connectivity index (χ2v) is 6.35. The zero-order valence-electron chi connectivity index (χ0n) is 15.0. The Labute approximate surface area is 167 Å². The van der Waals surface area contributed by atoms with Gasteiger partial charge >= 0.3 is 0 Å². The fraction of sp³-hybridized carbons (Fsp3) is 0.0476. The number of anilines is 1. The number of benzene rings is 2. The van der Waals surface area contributed by atoms with Crippen molar-refractivity contribution in [3.63, 3.8) is 0 Å². The van der Waals surface area contributed by atoms with Crippen LogP contribution >= 0.6 is 11.6 Å². The number of halogens is 1. The van der Waals surface area contributed by atoms with E-state index in [4.69, 9.17) is 11.6 Å². The zero-order chi connectivity index (χ0) is 19.9. The minimum atomic E-state index is -0.334. The molecule has 0 bridgehead atoms. The van der Waals surface area contributed by atoms with Gasteiger partial charge in [-0.3, -0.25) is 14.6 Å². The molecule has 0 atom stereocenters. The molecule has 0 unspecified atom stereocenters. The highest BCUT2D eigenvalue weighted by molar-refractivity contribution is 6.30. The maximum absolute atomic E-state index is 12.2. The number of nitrogens with one attached hydrogen (secondary N) is 2. The smallest absolute Gasteiger partial charge is 0.272 e. The Morgan fingerprint density at radius 1 is 0.893 bits per heavy atom. The minimum Gasteiger partial charge on any atom is -0.322 e. The van der Waals surface area contributed by atoms with E-state index in [0.29, 0.717) is 27.5 Å². The molecule has 0 saturated heterocycles. The molecule has 7 heteroatoms. The van der Waals surface area contributed by atoms with Crippen molar-refractivity contribution in [2.24, 2.45) is 5.10 Å². The lowest BCUT2D eigenvalue weighted by molar-refractivity contribution is 0.0953. The maximum atomic E-state index is 12.2. The van der Waals surface area contributed by atoms with Crippen molar-refractivity contribution in [1.82, 2.24) is 10.4 Å². The fourth-order valence-electron chi connectivity index (χ4n) is 2.36. The van der Waals surface area contributed by atoms with Crippen molar-refractivity contribution in [3.8, 4) is 0 Å². The van der Waals surface area contributed by atoms with Crippen LogP contribution in [0, 0.1) is 0 Å². The van der Waals surface area contributed by atoms with Crippen LogP contribution in [-0.2, 0) is 0 Å². The predicted octanol–water partition coefficient (Wildman–Crippen LogP) is 4.14. The van der Waals surface area contributed by atoms with Gasteiger partial charge in [0.15, 0.2) is 0 Å². The van der Waals surface area contributed by atoms with Gasteiger partial charge in [0, 0.05) is 28.7 Å². The Bertz CT molecular complexity index is 1000. The molecule has 0 saturated carbocycles. The lowest BCUT2D eigenvalue weighted by atomic mass is 10.1. The third-order valence-corrected chi connectivity index (χ3v) is 4.17. The Morgan fingerprint density at radius 2 is 1.57 bits per heavy atom. The molecule has 2 amide bonds. The van der Waals surface area contributed by atoms with Crippen molar-refractivity contribution < 1.29 is 9.59 Å². The van der Waals surface area contributed by atoms with Gasteiger partial charge in [0.25, 0.3) is 11.8 Å². The van der Waals surface area contributed by atoms with E-state index in [1.165, 1.54) is 6.20 Å². The van der Waals surface area contributed by atoms with Crippen LogP contribution in [0.25, 0.3) is 0 Å². The van der Waals surface area contributed by atoms with Gasteiger partial charge in [0.05, 0.1) is 11.3 Å². The number of amides is 2. The summed E-state index contributed by atoms with van der Waals surface area (Å²) in [6, 6.07) is 17.2. The average Bonchev–Trinajstić information content (AvgIpc) is 2.73. The largest absolute Gasteiger partial charge is 0.322 e. The minimum absolute atomic E-state index is 0.224. The standard InChI is InChI=1S/C21H17ClN4O2/c1-14(25-26-21(28)17-3-2-12-23-13-17)15-6-10-19(11-7-15)24-20(27)16-4-8-18(22)9-5-16/h2-13H,1H3,(H,24,27)(H,26,28)/b25-14-. The van der Waals surface area contributed by atoms with Crippen LogP contribution in [0.1, 0.15) is 33.2 Å². The lowest BCUT2D eigenvalue weighted by Crippen LogP contribution is -2.19. The molecule has 0 fully saturated rings. The van der Waals surface area contributed by atoms with E-state index in [1.54, 1.807) is 61.7 Å². The zero-order valence-corrected chi connectivity index (χ0v) is 15.8. The topological polar surface area (TPSA) is 83.4 Å². The second-order valence-electron chi connectivity index (χ2n) is 5.92. The summed E-state index contributed by atoms with van der Waals surface area (Å²) in [6.07, 6.45) is 3.07. The molecule has 3 aromatic rings. The number of hydrazone groups is 1. The van der Waals surface area contributed by atoms with Crippen molar-refractivity contribution in [3.05, 3.63) is 94.8 Å². The molecule has 3 rings (SSSR count). The number of rotatable bonds is 5. The van der Waals surface area contributed by atoms with Crippen LogP contribution in [0.4, 0.5) is 5.69 Å². The normalized spacial score (nSPS) is 11.0. The fourth-order valence-corrected chi connectivity index (χ4v) is 2.49. The summed E-state index contributed by atoms with van der Waals surface area (Å²) in [4.78, 5) is 28.1. The first-order valence-electron chi connectivity index (χ1n) is 8.45. The predicted molar refractivity (Wildman–Crippen MR) is 110 cm³/mol. The van der Waals surface area contributed by atoms with Crippen LogP contribution in [0.2, 0.25) is 5.02 Å². The molecule has 6 nitrogen and oxygen atoms in total. The molecular formula is C21H17ClN4O2. The van der Waals surface area contributed by atoms with Gasteiger partial charge < -0.3 is 5.32 Å². The first kappa shape index (κ1) is 19.3. The van der Waals surface area contributed by atoms with Gasteiger partial charge in [-0.25, -0.2) is 5.43 Å². The second kappa shape index (κ2) is 8.92.